The zero-order valence-corrected chi connectivity index (χ0v) is 10.5. The van der Waals surface area contributed by atoms with E-state index in [0.29, 0.717) is 16.9 Å². The van der Waals surface area contributed by atoms with Crippen LogP contribution in [0.5, 0.6) is 0 Å². The van der Waals surface area contributed by atoms with Crippen LogP contribution < -0.4 is 0 Å². The van der Waals surface area contributed by atoms with Crippen molar-refractivity contribution in [3.8, 4) is 23.0 Å². The summed E-state index contributed by atoms with van der Waals surface area (Å²) >= 11 is 1.41. The molecule has 0 fully saturated rings. The molecule has 18 heavy (non-hydrogen) atoms. The normalized spacial score (nSPS) is 10.7. The molecule has 0 atom stereocenters. The number of furan rings is 1. The smallest absolute Gasteiger partial charge is 0.284 e. The van der Waals surface area contributed by atoms with Crippen LogP contribution in [0.25, 0.3) is 23.0 Å². The van der Waals surface area contributed by atoms with Gasteiger partial charge in [-0.15, -0.1) is 10.2 Å². The van der Waals surface area contributed by atoms with Gasteiger partial charge in [0.15, 0.2) is 5.76 Å². The summed E-state index contributed by atoms with van der Waals surface area (Å²) in [6.45, 7) is 0. The number of benzene rings is 1. The highest BCUT2D eigenvalue weighted by atomic mass is 32.2. The molecule has 0 N–H and O–H groups in total. The van der Waals surface area contributed by atoms with Crippen LogP contribution >= 0.6 is 11.8 Å². The average molecular weight is 258 g/mol. The molecule has 0 unspecified atom stereocenters. The molecule has 2 heterocycles. The number of thioether (sulfide) groups is 1. The van der Waals surface area contributed by atoms with Gasteiger partial charge in [-0.1, -0.05) is 42.1 Å². The first kappa shape index (κ1) is 11.1. The summed E-state index contributed by atoms with van der Waals surface area (Å²) in [6, 6.07) is 13.6. The molecule has 0 bridgehead atoms. The minimum absolute atomic E-state index is 0.404. The van der Waals surface area contributed by atoms with E-state index in [1.54, 1.807) is 0 Å². The standard InChI is InChI=1S/C13H10N2O2S/c1-18-13-15-14-12(17-13)11-8-7-10(16-11)9-5-3-2-4-6-9/h2-8H,1H3. The van der Waals surface area contributed by atoms with Gasteiger partial charge in [-0.25, -0.2) is 0 Å². The van der Waals surface area contributed by atoms with E-state index < -0.39 is 0 Å². The lowest BCUT2D eigenvalue weighted by Crippen LogP contribution is -1.73. The van der Waals surface area contributed by atoms with Crippen LogP contribution in [0.15, 0.2) is 56.5 Å². The molecule has 1 aromatic carbocycles. The van der Waals surface area contributed by atoms with E-state index in [0.717, 1.165) is 11.3 Å². The molecule has 2 aromatic heterocycles. The Labute approximate surface area is 108 Å². The Hall–Kier alpha value is -2.01. The van der Waals surface area contributed by atoms with Gasteiger partial charge < -0.3 is 8.83 Å². The molecule has 0 aliphatic heterocycles. The predicted molar refractivity (Wildman–Crippen MR) is 69.2 cm³/mol. The van der Waals surface area contributed by atoms with Gasteiger partial charge in [-0.05, 0) is 18.4 Å². The van der Waals surface area contributed by atoms with Gasteiger partial charge in [0.1, 0.15) is 5.76 Å². The highest BCUT2D eigenvalue weighted by molar-refractivity contribution is 7.98. The average Bonchev–Trinajstić information content (AvgIpc) is 3.08. The second-order valence-corrected chi connectivity index (χ2v) is 4.36. The molecule has 0 aliphatic rings. The maximum Gasteiger partial charge on any atom is 0.284 e. The predicted octanol–water partition coefficient (Wildman–Crippen LogP) is 3.72. The van der Waals surface area contributed by atoms with Crippen molar-refractivity contribution in [2.24, 2.45) is 0 Å². The summed E-state index contributed by atoms with van der Waals surface area (Å²) in [5, 5.41) is 8.34. The molecular formula is C13H10N2O2S. The van der Waals surface area contributed by atoms with Crippen molar-refractivity contribution >= 4 is 11.8 Å². The van der Waals surface area contributed by atoms with Gasteiger partial charge in [-0.2, -0.15) is 0 Å². The van der Waals surface area contributed by atoms with E-state index >= 15 is 0 Å². The van der Waals surface area contributed by atoms with Crippen LogP contribution in [-0.4, -0.2) is 16.5 Å². The number of hydrogen-bond donors (Lipinski definition) is 0. The van der Waals surface area contributed by atoms with Crippen molar-refractivity contribution in [3.05, 3.63) is 42.5 Å². The molecule has 0 aliphatic carbocycles. The lowest BCUT2D eigenvalue weighted by atomic mass is 10.2. The Morgan fingerprint density at radius 3 is 2.39 bits per heavy atom. The zero-order valence-electron chi connectivity index (χ0n) is 9.66. The Balaban J connectivity index is 1.94. The highest BCUT2D eigenvalue weighted by Crippen LogP contribution is 2.28. The second kappa shape index (κ2) is 4.70. The molecule has 90 valence electrons. The van der Waals surface area contributed by atoms with Crippen LogP contribution in [0.4, 0.5) is 0 Å². The first-order valence-electron chi connectivity index (χ1n) is 5.40. The lowest BCUT2D eigenvalue weighted by molar-refractivity contribution is 0.449. The molecule has 4 nitrogen and oxygen atoms in total. The fraction of sp³-hybridized carbons (Fsp3) is 0.0769. The Kier molecular flexibility index (Phi) is 2.90. The molecule has 0 saturated heterocycles. The largest absolute Gasteiger partial charge is 0.451 e. The van der Waals surface area contributed by atoms with Crippen molar-refractivity contribution < 1.29 is 8.83 Å². The molecule has 0 spiro atoms. The monoisotopic (exact) mass is 258 g/mol. The molecule has 5 heteroatoms. The maximum absolute atomic E-state index is 5.71. The summed E-state index contributed by atoms with van der Waals surface area (Å²) in [4.78, 5) is 0. The number of nitrogens with zero attached hydrogens (tertiary/aromatic N) is 2. The van der Waals surface area contributed by atoms with Crippen molar-refractivity contribution in [2.45, 2.75) is 5.22 Å². The van der Waals surface area contributed by atoms with Gasteiger partial charge in [0.25, 0.3) is 11.1 Å². The Morgan fingerprint density at radius 2 is 1.67 bits per heavy atom. The molecule has 3 aromatic rings. The molecule has 3 rings (SSSR count). The topological polar surface area (TPSA) is 52.1 Å². The maximum atomic E-state index is 5.71. The fourth-order valence-electron chi connectivity index (χ4n) is 1.60. The quantitative estimate of drug-likeness (QED) is 0.670. The van der Waals surface area contributed by atoms with E-state index in [4.69, 9.17) is 8.83 Å². The van der Waals surface area contributed by atoms with Gasteiger partial charge in [0, 0.05) is 5.56 Å². The SMILES string of the molecule is CSc1nnc(-c2ccc(-c3ccccc3)o2)o1. The summed E-state index contributed by atoms with van der Waals surface area (Å²) in [6.07, 6.45) is 1.88. The molecule has 0 radical (unpaired) electrons. The van der Waals surface area contributed by atoms with E-state index in [2.05, 4.69) is 10.2 Å². The van der Waals surface area contributed by atoms with E-state index in [1.165, 1.54) is 11.8 Å². The van der Waals surface area contributed by atoms with Crippen molar-refractivity contribution in [2.75, 3.05) is 6.26 Å². The van der Waals surface area contributed by atoms with E-state index in [-0.39, 0.29) is 0 Å². The second-order valence-electron chi connectivity index (χ2n) is 3.61. The molecule has 0 saturated carbocycles. The Bertz CT molecular complexity index is 646. The fourth-order valence-corrected chi connectivity index (χ4v) is 1.89. The van der Waals surface area contributed by atoms with Crippen LogP contribution in [0.1, 0.15) is 0 Å². The van der Waals surface area contributed by atoms with Crippen LogP contribution in [-0.2, 0) is 0 Å². The minimum Gasteiger partial charge on any atom is -0.451 e. The third-order valence-corrected chi connectivity index (χ3v) is 2.97. The minimum atomic E-state index is 0.404. The van der Waals surface area contributed by atoms with Crippen LogP contribution in [0, 0.1) is 0 Å². The third-order valence-electron chi connectivity index (χ3n) is 2.46. The van der Waals surface area contributed by atoms with Crippen molar-refractivity contribution in [1.82, 2.24) is 10.2 Å². The summed E-state index contributed by atoms with van der Waals surface area (Å²) in [5.74, 6) is 1.78. The number of hydrogen-bond acceptors (Lipinski definition) is 5. The summed E-state index contributed by atoms with van der Waals surface area (Å²) in [7, 11) is 0. The summed E-state index contributed by atoms with van der Waals surface area (Å²) < 4.78 is 11.1. The van der Waals surface area contributed by atoms with Crippen molar-refractivity contribution in [1.29, 1.82) is 0 Å². The van der Waals surface area contributed by atoms with E-state index in [9.17, 15) is 0 Å². The third kappa shape index (κ3) is 2.04. The van der Waals surface area contributed by atoms with Gasteiger partial charge in [0.2, 0.25) is 0 Å². The number of aromatic nitrogens is 2. The zero-order chi connectivity index (χ0) is 12.4. The van der Waals surface area contributed by atoms with E-state index in [1.807, 2.05) is 48.7 Å². The highest BCUT2D eigenvalue weighted by Gasteiger charge is 2.12. The Morgan fingerprint density at radius 1 is 0.889 bits per heavy atom. The number of rotatable bonds is 3. The first-order chi connectivity index (χ1) is 8.86. The van der Waals surface area contributed by atoms with Gasteiger partial charge >= 0.3 is 0 Å². The van der Waals surface area contributed by atoms with Crippen LogP contribution in [0.3, 0.4) is 0 Å². The summed E-state index contributed by atoms with van der Waals surface area (Å²) in [5.41, 5.74) is 1.02. The lowest BCUT2D eigenvalue weighted by Gasteiger charge is -1.94. The molecular weight excluding hydrogens is 248 g/mol. The van der Waals surface area contributed by atoms with Crippen molar-refractivity contribution in [3.63, 3.8) is 0 Å². The van der Waals surface area contributed by atoms with Gasteiger partial charge in [0.05, 0.1) is 0 Å². The van der Waals surface area contributed by atoms with Gasteiger partial charge in [-0.3, -0.25) is 0 Å². The molecule has 0 amide bonds. The van der Waals surface area contributed by atoms with Crippen LogP contribution in [0.2, 0.25) is 0 Å². The first-order valence-corrected chi connectivity index (χ1v) is 6.62.